The molecule has 8 heteroatoms. The fourth-order valence-corrected chi connectivity index (χ4v) is 2.75. The number of hydrogen-bond donors (Lipinski definition) is 1. The monoisotopic (exact) mass is 355 g/mol. The maximum Gasteiger partial charge on any atom is 0.284 e. The highest BCUT2D eigenvalue weighted by Gasteiger charge is 2.28. The topological polar surface area (TPSA) is 107 Å². The molecule has 1 heterocycles. The van der Waals surface area contributed by atoms with Crippen LogP contribution in [0.3, 0.4) is 0 Å². The summed E-state index contributed by atoms with van der Waals surface area (Å²) in [6.45, 7) is 0.782. The van der Waals surface area contributed by atoms with Crippen LogP contribution in [0.1, 0.15) is 23.2 Å². The second-order valence-electron chi connectivity index (χ2n) is 4.92. The summed E-state index contributed by atoms with van der Waals surface area (Å²) in [5.74, 6) is -1.10. The fourth-order valence-electron chi connectivity index (χ4n) is 2.36. The van der Waals surface area contributed by atoms with Crippen molar-refractivity contribution in [3.63, 3.8) is 0 Å². The van der Waals surface area contributed by atoms with Gasteiger partial charge in [-0.05, 0) is 40.9 Å². The number of amides is 2. The first kappa shape index (κ1) is 15.4. The van der Waals surface area contributed by atoms with Crippen LogP contribution in [-0.2, 0) is 4.79 Å². The van der Waals surface area contributed by atoms with Crippen LogP contribution < -0.4 is 5.73 Å². The number of nitro groups is 1. The highest BCUT2D eigenvalue weighted by atomic mass is 79.9. The smallest absolute Gasteiger partial charge is 0.284 e. The van der Waals surface area contributed by atoms with E-state index in [9.17, 15) is 19.7 Å². The molecule has 0 spiro atoms. The average molecular weight is 356 g/mol. The molecular weight excluding hydrogens is 342 g/mol. The summed E-state index contributed by atoms with van der Waals surface area (Å²) in [5, 5.41) is 10.9. The summed E-state index contributed by atoms with van der Waals surface area (Å²) in [7, 11) is 0. The molecule has 2 N–H and O–H groups in total. The summed E-state index contributed by atoms with van der Waals surface area (Å²) < 4.78 is 0.317. The van der Waals surface area contributed by atoms with Gasteiger partial charge in [-0.2, -0.15) is 0 Å². The Bertz CT molecular complexity index is 605. The molecule has 0 aliphatic carbocycles. The molecule has 1 atom stereocenters. The van der Waals surface area contributed by atoms with Crippen molar-refractivity contribution in [2.24, 2.45) is 11.7 Å². The minimum absolute atomic E-state index is 0.163. The lowest BCUT2D eigenvalue weighted by molar-refractivity contribution is -0.385. The Hall–Kier alpha value is -1.96. The van der Waals surface area contributed by atoms with Gasteiger partial charge in [0.05, 0.1) is 15.3 Å². The molecule has 112 valence electrons. The molecule has 0 radical (unpaired) electrons. The molecule has 2 rings (SSSR count). The number of nitrogens with two attached hydrogens (primary N) is 1. The maximum absolute atomic E-state index is 12.4. The largest absolute Gasteiger partial charge is 0.369 e. The van der Waals surface area contributed by atoms with Crippen LogP contribution in [0.2, 0.25) is 0 Å². The zero-order valence-corrected chi connectivity index (χ0v) is 12.7. The van der Waals surface area contributed by atoms with Crippen LogP contribution in [0.15, 0.2) is 22.7 Å². The first-order valence-corrected chi connectivity index (χ1v) is 7.22. The van der Waals surface area contributed by atoms with Crippen molar-refractivity contribution in [3.05, 3.63) is 38.3 Å². The van der Waals surface area contributed by atoms with E-state index in [-0.39, 0.29) is 29.6 Å². The Morgan fingerprint density at radius 2 is 2.14 bits per heavy atom. The minimum atomic E-state index is -0.552. The number of primary amides is 1. The molecule has 0 bridgehead atoms. The molecule has 1 aliphatic heterocycles. The Morgan fingerprint density at radius 3 is 2.76 bits per heavy atom. The van der Waals surface area contributed by atoms with Crippen LogP contribution in [0.4, 0.5) is 5.69 Å². The van der Waals surface area contributed by atoms with E-state index in [1.54, 1.807) is 0 Å². The predicted molar refractivity (Wildman–Crippen MR) is 78.6 cm³/mol. The Labute approximate surface area is 129 Å². The maximum atomic E-state index is 12.4. The third-order valence-electron chi connectivity index (χ3n) is 3.50. The van der Waals surface area contributed by atoms with Crippen molar-refractivity contribution in [2.45, 2.75) is 12.8 Å². The Kier molecular flexibility index (Phi) is 4.56. The number of rotatable bonds is 3. The molecule has 0 aromatic heterocycles. The van der Waals surface area contributed by atoms with Gasteiger partial charge in [0, 0.05) is 24.7 Å². The summed E-state index contributed by atoms with van der Waals surface area (Å²) in [5.41, 5.74) is 5.35. The number of benzene rings is 1. The molecule has 2 amide bonds. The number of nitrogens with zero attached hydrogens (tertiary/aromatic N) is 2. The van der Waals surface area contributed by atoms with Crippen LogP contribution >= 0.6 is 15.9 Å². The quantitative estimate of drug-likeness (QED) is 0.657. The van der Waals surface area contributed by atoms with Crippen LogP contribution in [0, 0.1) is 16.0 Å². The van der Waals surface area contributed by atoms with Crippen molar-refractivity contribution in [2.75, 3.05) is 13.1 Å². The highest BCUT2D eigenvalue weighted by molar-refractivity contribution is 9.10. The van der Waals surface area contributed by atoms with Gasteiger partial charge in [0.25, 0.3) is 11.6 Å². The van der Waals surface area contributed by atoms with Gasteiger partial charge in [-0.25, -0.2) is 0 Å². The molecule has 7 nitrogen and oxygen atoms in total. The van der Waals surface area contributed by atoms with Crippen LogP contribution in [-0.4, -0.2) is 34.7 Å². The third kappa shape index (κ3) is 3.38. The number of carbonyl (C=O) groups excluding carboxylic acids is 2. The van der Waals surface area contributed by atoms with Gasteiger partial charge in [0.1, 0.15) is 0 Å². The van der Waals surface area contributed by atoms with Crippen molar-refractivity contribution in [1.29, 1.82) is 0 Å². The molecule has 1 saturated heterocycles. The number of halogens is 1. The number of hydrogen-bond acceptors (Lipinski definition) is 4. The molecule has 1 fully saturated rings. The van der Waals surface area contributed by atoms with Crippen LogP contribution in [0.5, 0.6) is 0 Å². The average Bonchev–Trinajstić information content (AvgIpc) is 2.46. The van der Waals surface area contributed by atoms with Gasteiger partial charge in [0.15, 0.2) is 0 Å². The van der Waals surface area contributed by atoms with E-state index in [4.69, 9.17) is 5.73 Å². The second-order valence-corrected chi connectivity index (χ2v) is 5.77. The zero-order chi connectivity index (χ0) is 15.6. The Morgan fingerprint density at radius 1 is 1.43 bits per heavy atom. The van der Waals surface area contributed by atoms with E-state index in [1.165, 1.54) is 23.1 Å². The van der Waals surface area contributed by atoms with Gasteiger partial charge >= 0.3 is 0 Å². The lowest BCUT2D eigenvalue weighted by Crippen LogP contribution is -2.44. The van der Waals surface area contributed by atoms with Gasteiger partial charge < -0.3 is 10.6 Å². The first-order chi connectivity index (χ1) is 9.90. The minimum Gasteiger partial charge on any atom is -0.369 e. The normalized spacial score (nSPS) is 18.3. The molecule has 21 heavy (non-hydrogen) atoms. The predicted octanol–water partition coefficient (Wildman–Crippen LogP) is 1.69. The summed E-state index contributed by atoms with van der Waals surface area (Å²) in [6.07, 6.45) is 1.36. The van der Waals surface area contributed by atoms with E-state index >= 15 is 0 Å². The first-order valence-electron chi connectivity index (χ1n) is 6.42. The molecular formula is C13H14BrN3O4. The number of likely N-dealkylation sites (tertiary alicyclic amines) is 1. The van der Waals surface area contributed by atoms with Gasteiger partial charge in [-0.15, -0.1) is 0 Å². The standard InChI is InChI=1S/C13H14BrN3O4/c14-10-4-3-8(6-11(10)17(20)21)13(19)16-5-1-2-9(7-16)12(15)18/h3-4,6,9H,1-2,5,7H2,(H2,15,18). The molecule has 1 aromatic carbocycles. The molecule has 1 aliphatic rings. The van der Waals surface area contributed by atoms with E-state index in [1.807, 2.05) is 0 Å². The van der Waals surface area contributed by atoms with Gasteiger partial charge in [-0.3, -0.25) is 19.7 Å². The molecule has 1 unspecified atom stereocenters. The fraction of sp³-hybridized carbons (Fsp3) is 0.385. The lowest BCUT2D eigenvalue weighted by atomic mass is 9.97. The van der Waals surface area contributed by atoms with Crippen LogP contribution in [0.25, 0.3) is 0 Å². The number of carbonyl (C=O) groups is 2. The van der Waals surface area contributed by atoms with Gasteiger partial charge in [0.2, 0.25) is 5.91 Å². The number of piperidine rings is 1. The second kappa shape index (κ2) is 6.21. The van der Waals surface area contributed by atoms with E-state index in [0.29, 0.717) is 23.9 Å². The summed E-state index contributed by atoms with van der Waals surface area (Å²) in [6, 6.07) is 4.23. The summed E-state index contributed by atoms with van der Waals surface area (Å²) in [4.78, 5) is 35.5. The Balaban J connectivity index is 2.22. The van der Waals surface area contributed by atoms with Crippen molar-refractivity contribution in [1.82, 2.24) is 4.90 Å². The molecule has 1 aromatic rings. The third-order valence-corrected chi connectivity index (χ3v) is 4.17. The molecule has 0 saturated carbocycles. The van der Waals surface area contributed by atoms with E-state index in [0.717, 1.165) is 0 Å². The SMILES string of the molecule is NC(=O)C1CCCN(C(=O)c2ccc(Br)c([N+](=O)[O-])c2)C1. The van der Waals surface area contributed by atoms with E-state index in [2.05, 4.69) is 15.9 Å². The lowest BCUT2D eigenvalue weighted by Gasteiger charge is -2.31. The van der Waals surface area contributed by atoms with Crippen molar-refractivity contribution in [3.8, 4) is 0 Å². The van der Waals surface area contributed by atoms with E-state index < -0.39 is 10.8 Å². The van der Waals surface area contributed by atoms with Crippen molar-refractivity contribution < 1.29 is 14.5 Å². The highest BCUT2D eigenvalue weighted by Crippen LogP contribution is 2.27. The zero-order valence-electron chi connectivity index (χ0n) is 11.1. The van der Waals surface area contributed by atoms with Gasteiger partial charge in [-0.1, -0.05) is 0 Å². The van der Waals surface area contributed by atoms with Crippen molar-refractivity contribution >= 4 is 33.4 Å². The summed E-state index contributed by atoms with van der Waals surface area (Å²) >= 11 is 3.08. The number of nitro benzene ring substituents is 1.